The maximum absolute atomic E-state index is 2.45. The normalized spacial score (nSPS) is 20.3. The molecule has 0 amide bonds. The Morgan fingerprint density at radius 2 is 0.779 bits per heavy atom. The molecule has 9 aliphatic carbocycles. The highest BCUT2D eigenvalue weighted by Crippen LogP contribution is 2.46. The van der Waals surface area contributed by atoms with Crippen LogP contribution in [0.5, 0.6) is 0 Å². The fourth-order valence-corrected chi connectivity index (χ4v) is 15.3. The van der Waals surface area contributed by atoms with E-state index in [1.165, 1.54) is 177 Å². The van der Waals surface area contributed by atoms with Crippen LogP contribution >= 0.6 is 0 Å². The molecule has 86 heavy (non-hydrogen) atoms. The summed E-state index contributed by atoms with van der Waals surface area (Å²) in [6, 6.07) is 51.2. The van der Waals surface area contributed by atoms with E-state index < -0.39 is 0 Å². The highest BCUT2D eigenvalue weighted by molar-refractivity contribution is 5.81. The van der Waals surface area contributed by atoms with E-state index in [1.807, 2.05) is 0 Å². The van der Waals surface area contributed by atoms with E-state index in [1.54, 1.807) is 27.8 Å². The molecule has 0 aromatic heterocycles. The molecule has 0 saturated heterocycles. The third-order valence-electron chi connectivity index (χ3n) is 20.0. The second-order valence-corrected chi connectivity index (χ2v) is 26.5. The van der Waals surface area contributed by atoms with Crippen molar-refractivity contribution >= 4 is 16.7 Å². The summed E-state index contributed by atoms with van der Waals surface area (Å²) in [7, 11) is 0. The van der Waals surface area contributed by atoms with Crippen molar-refractivity contribution in [3.8, 4) is 0 Å². The van der Waals surface area contributed by atoms with Gasteiger partial charge in [0.2, 0.25) is 0 Å². The van der Waals surface area contributed by atoms with Crippen molar-refractivity contribution in [1.82, 2.24) is 0 Å². The Labute approximate surface area is 516 Å². The summed E-state index contributed by atoms with van der Waals surface area (Å²) in [6.07, 6.45) is 56.1. The number of aryl methyl sites for hydroxylation is 6. The smallest absolute Gasteiger partial charge is 0.0281 e. The summed E-state index contributed by atoms with van der Waals surface area (Å²) in [4.78, 5) is 0. The molecule has 6 aromatic carbocycles. The zero-order valence-corrected chi connectivity index (χ0v) is 51.8. The maximum atomic E-state index is 2.45. The van der Waals surface area contributed by atoms with Crippen LogP contribution in [0.15, 0.2) is 258 Å². The van der Waals surface area contributed by atoms with Gasteiger partial charge in [-0.15, -0.1) is 0 Å². The zero-order chi connectivity index (χ0) is 58.3. The molecule has 15 rings (SSSR count). The van der Waals surface area contributed by atoms with Crippen molar-refractivity contribution < 1.29 is 0 Å². The fourth-order valence-electron chi connectivity index (χ4n) is 15.3. The van der Waals surface area contributed by atoms with Gasteiger partial charge in [-0.1, -0.05) is 277 Å². The molecule has 3 unspecified atom stereocenters. The summed E-state index contributed by atoms with van der Waals surface area (Å²) in [5.41, 5.74) is 33.5. The molecule has 432 valence electrons. The predicted molar refractivity (Wildman–Crippen MR) is 367 cm³/mol. The van der Waals surface area contributed by atoms with E-state index in [0.29, 0.717) is 23.7 Å². The van der Waals surface area contributed by atoms with E-state index in [9.17, 15) is 0 Å². The van der Waals surface area contributed by atoms with Gasteiger partial charge in [0.05, 0.1) is 0 Å². The van der Waals surface area contributed by atoms with Crippen molar-refractivity contribution in [3.05, 3.63) is 336 Å². The third kappa shape index (κ3) is 13.0. The van der Waals surface area contributed by atoms with Gasteiger partial charge in [-0.3, -0.25) is 0 Å². The lowest BCUT2D eigenvalue weighted by Crippen LogP contribution is -2.10. The molecular formula is C86H88. The van der Waals surface area contributed by atoms with Gasteiger partial charge < -0.3 is 0 Å². The average molecular weight is 1120 g/mol. The van der Waals surface area contributed by atoms with Crippen molar-refractivity contribution in [2.75, 3.05) is 0 Å². The standard InChI is InChI=1S/C31H34.C29H30.C26H24/c1-2-7-23-12-18-27(19-13-23)30-21-20-28(29-10-6-11-31(29)30)22-24-14-16-26(17-15-24)25-8-4-3-5-9-25;1-20(2)17-21-9-11-22(12-10-21)18-25-15-16-28(29-8-4-7-27(25)29)26-14-13-23-5-3-6-24(23)19-26;1-18-8-10-19(11-9-18)16-22-14-15-25(26-7-3-6-24(22)26)23-13-12-20-4-2-5-21(20)17-23/h6,10-21,25,31H,2-5,7-9,22H2,1H3;4,7-16,19-20,29H,3,5-6,17-18H2,1-2H3;3,6-15,17,26H,2,4-5,16H2,1H3. The molecule has 0 N–H and O–H groups in total. The molecule has 0 bridgehead atoms. The third-order valence-corrected chi connectivity index (χ3v) is 20.0. The summed E-state index contributed by atoms with van der Waals surface area (Å²) in [6.45, 7) is 8.96. The van der Waals surface area contributed by atoms with E-state index >= 15 is 0 Å². The largest absolute Gasteiger partial charge is 0.0726 e. The quantitative estimate of drug-likeness (QED) is 0.102. The number of allylic oxidation sites excluding steroid dienone is 24. The first kappa shape index (κ1) is 57.3. The Hall–Kier alpha value is -7.80. The minimum atomic E-state index is 0.401. The summed E-state index contributed by atoms with van der Waals surface area (Å²) in [5.74, 6) is 2.73. The minimum absolute atomic E-state index is 0.401. The summed E-state index contributed by atoms with van der Waals surface area (Å²) in [5, 5.41) is 0. The van der Waals surface area contributed by atoms with Crippen LogP contribution in [-0.2, 0) is 57.8 Å². The van der Waals surface area contributed by atoms with E-state index in [2.05, 4.69) is 252 Å². The summed E-state index contributed by atoms with van der Waals surface area (Å²) < 4.78 is 0. The molecule has 9 aliphatic rings. The lowest BCUT2D eigenvalue weighted by atomic mass is 9.79. The van der Waals surface area contributed by atoms with Gasteiger partial charge in [-0.2, -0.15) is 0 Å². The van der Waals surface area contributed by atoms with Gasteiger partial charge in [0.1, 0.15) is 0 Å². The molecule has 0 radical (unpaired) electrons. The number of hydrogen-bond donors (Lipinski definition) is 0. The first-order chi connectivity index (χ1) is 42.3. The monoisotopic (exact) mass is 1120 g/mol. The molecule has 0 aliphatic heterocycles. The number of fused-ring (bicyclic) bond motifs is 5. The van der Waals surface area contributed by atoms with Crippen LogP contribution in [-0.4, -0.2) is 0 Å². The summed E-state index contributed by atoms with van der Waals surface area (Å²) >= 11 is 0. The topological polar surface area (TPSA) is 0 Å². The highest BCUT2D eigenvalue weighted by Gasteiger charge is 2.30. The zero-order valence-electron chi connectivity index (χ0n) is 51.8. The van der Waals surface area contributed by atoms with Crippen LogP contribution in [0.4, 0.5) is 0 Å². The first-order valence-corrected chi connectivity index (χ1v) is 33.2. The Balaban J connectivity index is 0.000000120. The average Bonchev–Trinajstić information content (AvgIpc) is 2.65. The van der Waals surface area contributed by atoms with Gasteiger partial charge in [0, 0.05) is 17.8 Å². The Kier molecular flexibility index (Phi) is 17.6. The molecule has 0 heterocycles. The minimum Gasteiger partial charge on any atom is -0.0726 e. The lowest BCUT2D eigenvalue weighted by molar-refractivity contribution is 0.443. The fraction of sp³-hybridized carbons (Fsp3) is 0.302. The number of hydrogen-bond acceptors (Lipinski definition) is 0. The number of rotatable bonds is 14. The van der Waals surface area contributed by atoms with Crippen molar-refractivity contribution in [3.63, 3.8) is 0 Å². The van der Waals surface area contributed by atoms with Crippen LogP contribution in [0.1, 0.15) is 156 Å². The first-order valence-electron chi connectivity index (χ1n) is 33.2. The van der Waals surface area contributed by atoms with E-state index in [-0.39, 0.29) is 0 Å². The highest BCUT2D eigenvalue weighted by atomic mass is 14.3. The maximum Gasteiger partial charge on any atom is 0.0281 e. The molecular weight excluding hydrogens is 1030 g/mol. The molecule has 3 atom stereocenters. The molecule has 1 fully saturated rings. The molecule has 0 nitrogen and oxygen atoms in total. The van der Waals surface area contributed by atoms with Crippen LogP contribution in [0.2, 0.25) is 0 Å². The molecule has 1 saturated carbocycles. The second-order valence-electron chi connectivity index (χ2n) is 26.5. The molecule has 0 heteroatoms. The Morgan fingerprint density at radius 1 is 0.372 bits per heavy atom. The van der Waals surface area contributed by atoms with Crippen LogP contribution < -0.4 is 0 Å². The number of benzene rings is 6. The molecule has 6 aromatic rings. The van der Waals surface area contributed by atoms with Gasteiger partial charge >= 0.3 is 0 Å². The van der Waals surface area contributed by atoms with Crippen molar-refractivity contribution in [2.45, 2.75) is 143 Å². The Morgan fingerprint density at radius 3 is 1.24 bits per heavy atom. The molecule has 0 spiro atoms. The van der Waals surface area contributed by atoms with Gasteiger partial charge in [-0.05, 0) is 225 Å². The van der Waals surface area contributed by atoms with Crippen LogP contribution in [0, 0.1) is 30.6 Å². The second kappa shape index (κ2) is 26.4. The SMILES string of the molecule is CC(C)Cc1ccc(CC2=CC=C(c3ccc4c(c3)CCC4)C3C=CC=C23)cc1.CCCc1ccc(C2=CC=C(Cc3ccc(C4CCCCC4)cc3)C3=CC=CC32)cc1.Cc1ccc(CC2=CC=C(c3ccc4c(c3)CCC4)C3C=CC=C23)cc1. The van der Waals surface area contributed by atoms with Crippen molar-refractivity contribution in [2.24, 2.45) is 23.7 Å². The van der Waals surface area contributed by atoms with Gasteiger partial charge in [-0.25, -0.2) is 0 Å². The van der Waals surface area contributed by atoms with Gasteiger partial charge in [0.15, 0.2) is 0 Å². The Bertz CT molecular complexity index is 3840. The van der Waals surface area contributed by atoms with E-state index in [4.69, 9.17) is 0 Å². The van der Waals surface area contributed by atoms with Crippen LogP contribution in [0.3, 0.4) is 0 Å². The lowest BCUT2D eigenvalue weighted by Gasteiger charge is -2.25. The van der Waals surface area contributed by atoms with Crippen molar-refractivity contribution in [1.29, 1.82) is 0 Å². The van der Waals surface area contributed by atoms with Crippen LogP contribution in [0.25, 0.3) is 16.7 Å². The van der Waals surface area contributed by atoms with Gasteiger partial charge in [0.25, 0.3) is 0 Å². The van der Waals surface area contributed by atoms with E-state index in [0.717, 1.165) is 38.0 Å². The predicted octanol–water partition coefficient (Wildman–Crippen LogP) is 21.6.